The van der Waals surface area contributed by atoms with Gasteiger partial charge in [-0.25, -0.2) is 4.39 Å². The molecule has 2 N–H and O–H groups in total. The van der Waals surface area contributed by atoms with E-state index in [0.29, 0.717) is 11.6 Å². The molecule has 1 heterocycles. The minimum Gasteiger partial charge on any atom is -0.382 e. The molecule has 0 saturated heterocycles. The molecule has 0 saturated carbocycles. The van der Waals surface area contributed by atoms with Gasteiger partial charge in [-0.3, -0.25) is 0 Å². The third kappa shape index (κ3) is 3.19. The Labute approximate surface area is 103 Å². The predicted octanol–water partition coefficient (Wildman–Crippen LogP) is 2.80. The summed E-state index contributed by atoms with van der Waals surface area (Å²) < 4.78 is 13.5. The lowest BCUT2D eigenvalue weighted by molar-refractivity contribution is 0.372. The van der Waals surface area contributed by atoms with Crippen LogP contribution in [0.2, 0.25) is 0 Å². The summed E-state index contributed by atoms with van der Waals surface area (Å²) in [5.74, 6) is 0.397. The average Bonchev–Trinajstić information content (AvgIpc) is 2.26. The van der Waals surface area contributed by atoms with Crippen molar-refractivity contribution in [2.24, 2.45) is 5.92 Å². The molecule has 1 aromatic rings. The second kappa shape index (κ2) is 4.65. The van der Waals surface area contributed by atoms with Crippen LogP contribution in [0.25, 0.3) is 0 Å². The molecule has 2 nitrogen and oxygen atoms in total. The molecule has 3 heteroatoms. The first-order valence-corrected chi connectivity index (χ1v) is 6.22. The molecule has 2 rings (SSSR count). The average molecular weight is 236 g/mol. The number of hydrogen-bond donors (Lipinski definition) is 2. The fourth-order valence-corrected chi connectivity index (χ4v) is 2.16. The highest BCUT2D eigenvalue weighted by Crippen LogP contribution is 2.27. The molecule has 17 heavy (non-hydrogen) atoms. The standard InChI is InChI=1S/C14H21FN2/c1-14(2,3)17-9-10-7-11-5-4-6-12(15)13(11)16-8-10/h4-6,10,16-17H,7-9H2,1-3H3. The van der Waals surface area contributed by atoms with E-state index in [1.165, 1.54) is 6.07 Å². The van der Waals surface area contributed by atoms with Crippen molar-refractivity contribution in [3.63, 3.8) is 0 Å². The van der Waals surface area contributed by atoms with Crippen LogP contribution in [0.5, 0.6) is 0 Å². The van der Waals surface area contributed by atoms with Gasteiger partial charge in [0.2, 0.25) is 0 Å². The van der Waals surface area contributed by atoms with E-state index in [-0.39, 0.29) is 11.4 Å². The summed E-state index contributed by atoms with van der Waals surface area (Å²) >= 11 is 0. The van der Waals surface area contributed by atoms with Gasteiger partial charge in [0, 0.05) is 18.6 Å². The Morgan fingerprint density at radius 3 is 2.88 bits per heavy atom. The van der Waals surface area contributed by atoms with E-state index in [4.69, 9.17) is 0 Å². The second-order valence-electron chi connectivity index (χ2n) is 5.86. The highest BCUT2D eigenvalue weighted by molar-refractivity contribution is 5.54. The summed E-state index contributed by atoms with van der Waals surface area (Å²) in [6.07, 6.45) is 0.948. The van der Waals surface area contributed by atoms with Crippen LogP contribution >= 0.6 is 0 Å². The first-order chi connectivity index (χ1) is 7.96. The van der Waals surface area contributed by atoms with Crippen LogP contribution in [-0.4, -0.2) is 18.6 Å². The number of para-hydroxylation sites is 1. The summed E-state index contributed by atoms with van der Waals surface area (Å²) in [5.41, 5.74) is 1.93. The van der Waals surface area contributed by atoms with Crippen molar-refractivity contribution >= 4 is 5.69 Å². The molecule has 1 aromatic carbocycles. The van der Waals surface area contributed by atoms with Crippen LogP contribution in [0, 0.1) is 11.7 Å². The van der Waals surface area contributed by atoms with Gasteiger partial charge in [-0.2, -0.15) is 0 Å². The molecule has 1 unspecified atom stereocenters. The predicted molar refractivity (Wildman–Crippen MR) is 69.8 cm³/mol. The largest absolute Gasteiger partial charge is 0.382 e. The van der Waals surface area contributed by atoms with Crippen LogP contribution in [0.15, 0.2) is 18.2 Å². The molecule has 0 radical (unpaired) electrons. The summed E-state index contributed by atoms with van der Waals surface area (Å²) in [7, 11) is 0. The zero-order valence-electron chi connectivity index (χ0n) is 10.8. The number of hydrogen-bond acceptors (Lipinski definition) is 2. The maximum Gasteiger partial charge on any atom is 0.146 e. The third-order valence-electron chi connectivity index (χ3n) is 3.10. The fourth-order valence-electron chi connectivity index (χ4n) is 2.16. The summed E-state index contributed by atoms with van der Waals surface area (Å²) in [6, 6.07) is 5.31. The van der Waals surface area contributed by atoms with Crippen molar-refractivity contribution in [1.82, 2.24) is 5.32 Å². The molecule has 0 spiro atoms. The molecule has 0 amide bonds. The highest BCUT2D eigenvalue weighted by Gasteiger charge is 2.21. The van der Waals surface area contributed by atoms with Crippen LogP contribution in [-0.2, 0) is 6.42 Å². The monoisotopic (exact) mass is 236 g/mol. The minimum atomic E-state index is -0.135. The molecule has 1 aliphatic heterocycles. The van der Waals surface area contributed by atoms with Crippen molar-refractivity contribution in [3.05, 3.63) is 29.6 Å². The number of anilines is 1. The third-order valence-corrected chi connectivity index (χ3v) is 3.10. The number of nitrogens with one attached hydrogen (secondary N) is 2. The zero-order valence-corrected chi connectivity index (χ0v) is 10.8. The highest BCUT2D eigenvalue weighted by atomic mass is 19.1. The van der Waals surface area contributed by atoms with Gasteiger partial charge in [0.15, 0.2) is 0 Å². The molecular formula is C14H21FN2. The van der Waals surface area contributed by atoms with Gasteiger partial charge >= 0.3 is 0 Å². The van der Waals surface area contributed by atoms with E-state index in [0.717, 1.165) is 25.1 Å². The Hall–Kier alpha value is -1.09. The van der Waals surface area contributed by atoms with Gasteiger partial charge in [0.1, 0.15) is 5.82 Å². The maximum absolute atomic E-state index is 13.5. The number of fused-ring (bicyclic) bond motifs is 1. The van der Waals surface area contributed by atoms with E-state index >= 15 is 0 Å². The molecule has 0 aliphatic carbocycles. The summed E-state index contributed by atoms with van der Waals surface area (Å²) in [4.78, 5) is 0. The van der Waals surface area contributed by atoms with Crippen LogP contribution in [0.3, 0.4) is 0 Å². The van der Waals surface area contributed by atoms with E-state index in [1.54, 1.807) is 6.07 Å². The van der Waals surface area contributed by atoms with Crippen molar-refractivity contribution in [3.8, 4) is 0 Å². The van der Waals surface area contributed by atoms with Gasteiger partial charge in [0.05, 0.1) is 5.69 Å². The van der Waals surface area contributed by atoms with Crippen LogP contribution in [0.1, 0.15) is 26.3 Å². The Bertz CT molecular complexity index is 396. The van der Waals surface area contributed by atoms with E-state index in [2.05, 4.69) is 31.4 Å². The Balaban J connectivity index is 1.99. The fraction of sp³-hybridized carbons (Fsp3) is 0.571. The molecule has 0 fully saturated rings. The second-order valence-corrected chi connectivity index (χ2v) is 5.86. The van der Waals surface area contributed by atoms with Crippen LogP contribution < -0.4 is 10.6 Å². The summed E-state index contributed by atoms with van der Waals surface area (Å²) in [6.45, 7) is 8.30. The molecular weight excluding hydrogens is 215 g/mol. The molecule has 94 valence electrons. The minimum absolute atomic E-state index is 0.135. The Morgan fingerprint density at radius 2 is 2.18 bits per heavy atom. The lowest BCUT2D eigenvalue weighted by atomic mass is 9.93. The van der Waals surface area contributed by atoms with Crippen molar-refractivity contribution in [2.45, 2.75) is 32.7 Å². The Morgan fingerprint density at radius 1 is 1.41 bits per heavy atom. The summed E-state index contributed by atoms with van der Waals surface area (Å²) in [5, 5.41) is 6.71. The van der Waals surface area contributed by atoms with Gasteiger partial charge in [-0.15, -0.1) is 0 Å². The van der Waals surface area contributed by atoms with Gasteiger partial charge in [0.25, 0.3) is 0 Å². The first kappa shape index (κ1) is 12.4. The molecule has 0 aromatic heterocycles. The normalized spacial score (nSPS) is 19.6. The van der Waals surface area contributed by atoms with E-state index in [1.807, 2.05) is 6.07 Å². The first-order valence-electron chi connectivity index (χ1n) is 6.22. The van der Waals surface area contributed by atoms with Gasteiger partial charge < -0.3 is 10.6 Å². The van der Waals surface area contributed by atoms with Gasteiger partial charge in [-0.1, -0.05) is 12.1 Å². The quantitative estimate of drug-likeness (QED) is 0.825. The molecule has 1 aliphatic rings. The van der Waals surface area contributed by atoms with Gasteiger partial charge in [-0.05, 0) is 44.7 Å². The van der Waals surface area contributed by atoms with Crippen molar-refractivity contribution in [2.75, 3.05) is 18.4 Å². The lowest BCUT2D eigenvalue weighted by Crippen LogP contribution is -2.42. The smallest absolute Gasteiger partial charge is 0.146 e. The van der Waals surface area contributed by atoms with Crippen molar-refractivity contribution < 1.29 is 4.39 Å². The van der Waals surface area contributed by atoms with Crippen LogP contribution in [0.4, 0.5) is 10.1 Å². The van der Waals surface area contributed by atoms with E-state index < -0.39 is 0 Å². The lowest BCUT2D eigenvalue weighted by Gasteiger charge is -2.30. The number of benzene rings is 1. The molecule has 0 bridgehead atoms. The number of halogens is 1. The van der Waals surface area contributed by atoms with E-state index in [9.17, 15) is 4.39 Å². The number of rotatable bonds is 2. The topological polar surface area (TPSA) is 24.1 Å². The Kier molecular flexibility index (Phi) is 3.38. The maximum atomic E-state index is 13.5. The zero-order chi connectivity index (χ0) is 12.5. The molecule has 1 atom stereocenters. The SMILES string of the molecule is CC(C)(C)NCC1CNc2c(F)cccc2C1. The van der Waals surface area contributed by atoms with Crippen molar-refractivity contribution in [1.29, 1.82) is 0 Å².